The molecular weight excluding hydrogens is 219 g/mol. The third-order valence-corrected chi connectivity index (χ3v) is 1.77. The molecule has 2 aromatic rings. The Kier molecular flexibility index (Phi) is 2.55. The minimum atomic E-state index is -4.56. The summed E-state index contributed by atoms with van der Waals surface area (Å²) in [6.07, 6.45) is -2.14. The molecule has 0 saturated heterocycles. The van der Waals surface area contributed by atoms with Crippen LogP contribution >= 0.6 is 0 Å². The van der Waals surface area contributed by atoms with Gasteiger partial charge in [0.25, 0.3) is 0 Å². The summed E-state index contributed by atoms with van der Waals surface area (Å²) in [6, 6.07) is 7.39. The van der Waals surface area contributed by atoms with Gasteiger partial charge in [0.15, 0.2) is 0 Å². The number of nitrogens with zero attached hydrogens (tertiary/aromatic N) is 3. The Bertz CT molecular complexity index is 482. The van der Waals surface area contributed by atoms with Gasteiger partial charge in [0, 0.05) is 18.5 Å². The summed E-state index contributed by atoms with van der Waals surface area (Å²) in [4.78, 5) is 10.4. The highest BCUT2D eigenvalue weighted by Crippen LogP contribution is 2.26. The molecule has 0 atom stereocenters. The van der Waals surface area contributed by atoms with Crippen LogP contribution in [0.25, 0.3) is 11.4 Å². The molecule has 2 rings (SSSR count). The molecule has 0 amide bonds. The van der Waals surface area contributed by atoms with Crippen LogP contribution in [0, 0.1) is 6.07 Å². The van der Waals surface area contributed by atoms with Gasteiger partial charge in [-0.25, -0.2) is 9.97 Å². The number of hydrogen-bond donors (Lipinski definition) is 0. The molecule has 0 N–H and O–H groups in total. The quantitative estimate of drug-likeness (QED) is 0.746. The van der Waals surface area contributed by atoms with E-state index in [1.54, 1.807) is 18.2 Å². The van der Waals surface area contributed by atoms with Crippen LogP contribution in [0.15, 0.2) is 30.6 Å². The summed E-state index contributed by atoms with van der Waals surface area (Å²) >= 11 is 0. The van der Waals surface area contributed by atoms with Gasteiger partial charge in [-0.15, -0.1) is 0 Å². The Balaban J connectivity index is 2.45. The molecule has 0 aliphatic rings. The zero-order valence-corrected chi connectivity index (χ0v) is 7.86. The van der Waals surface area contributed by atoms with E-state index in [4.69, 9.17) is 0 Å². The van der Waals surface area contributed by atoms with E-state index in [0.717, 1.165) is 6.20 Å². The molecule has 3 nitrogen and oxygen atoms in total. The average molecular weight is 224 g/mol. The van der Waals surface area contributed by atoms with E-state index in [9.17, 15) is 13.2 Å². The van der Waals surface area contributed by atoms with Crippen molar-refractivity contribution in [3.05, 3.63) is 42.5 Å². The third-order valence-electron chi connectivity index (χ3n) is 1.77. The monoisotopic (exact) mass is 224 g/mol. The van der Waals surface area contributed by atoms with Crippen LogP contribution in [0.5, 0.6) is 0 Å². The molecule has 0 spiro atoms. The molecule has 81 valence electrons. The third kappa shape index (κ3) is 2.16. The van der Waals surface area contributed by atoms with Gasteiger partial charge in [0.05, 0.1) is 5.69 Å². The zero-order valence-electron chi connectivity index (χ0n) is 7.86. The van der Waals surface area contributed by atoms with Gasteiger partial charge in [-0.05, 0) is 12.1 Å². The maximum atomic E-state index is 12.3. The molecule has 16 heavy (non-hydrogen) atoms. The molecule has 2 aromatic heterocycles. The first-order valence-electron chi connectivity index (χ1n) is 4.31. The van der Waals surface area contributed by atoms with Crippen molar-refractivity contribution in [3.63, 3.8) is 0 Å². The number of hydrogen-bond acceptors (Lipinski definition) is 3. The van der Waals surface area contributed by atoms with E-state index < -0.39 is 12.0 Å². The molecule has 0 fully saturated rings. The molecule has 0 saturated carbocycles. The van der Waals surface area contributed by atoms with Gasteiger partial charge in [-0.3, -0.25) is 4.98 Å². The minimum absolute atomic E-state index is 0.0305. The lowest BCUT2D eigenvalue weighted by molar-refractivity contribution is -0.144. The van der Waals surface area contributed by atoms with E-state index in [2.05, 4.69) is 21.0 Å². The highest BCUT2D eigenvalue weighted by atomic mass is 19.4. The van der Waals surface area contributed by atoms with Crippen LogP contribution in [0.4, 0.5) is 13.2 Å². The molecule has 0 unspecified atom stereocenters. The molecule has 1 radical (unpaired) electrons. The highest BCUT2D eigenvalue weighted by Gasteiger charge is 2.34. The molecule has 0 aliphatic carbocycles. The first-order chi connectivity index (χ1) is 7.57. The summed E-state index contributed by atoms with van der Waals surface area (Å²) in [6.45, 7) is 0. The van der Waals surface area contributed by atoms with E-state index in [1.165, 1.54) is 6.20 Å². The maximum absolute atomic E-state index is 12.3. The minimum Gasteiger partial charge on any atom is -0.255 e. The Morgan fingerprint density at radius 3 is 2.56 bits per heavy atom. The predicted octanol–water partition coefficient (Wildman–Crippen LogP) is 2.36. The van der Waals surface area contributed by atoms with Crippen molar-refractivity contribution >= 4 is 0 Å². The largest absolute Gasteiger partial charge is 0.451 e. The van der Waals surface area contributed by atoms with Crippen molar-refractivity contribution in [1.29, 1.82) is 0 Å². The second-order valence-corrected chi connectivity index (χ2v) is 2.90. The Morgan fingerprint density at radius 2 is 1.94 bits per heavy atom. The number of pyridine rings is 1. The van der Waals surface area contributed by atoms with Gasteiger partial charge in [-0.1, -0.05) is 6.07 Å². The fraction of sp³-hybridized carbons (Fsp3) is 0.100. The SMILES string of the molecule is FC(F)(F)c1nc[c]c(-c2ccccn2)n1. The first kappa shape index (κ1) is 10.5. The summed E-state index contributed by atoms with van der Waals surface area (Å²) in [5, 5.41) is 0. The zero-order chi connectivity index (χ0) is 11.6. The maximum Gasteiger partial charge on any atom is 0.451 e. The molecule has 6 heteroatoms. The lowest BCUT2D eigenvalue weighted by atomic mass is 10.2. The van der Waals surface area contributed by atoms with Crippen molar-refractivity contribution in [3.8, 4) is 11.4 Å². The fourth-order valence-corrected chi connectivity index (χ4v) is 1.09. The summed E-state index contributed by atoms with van der Waals surface area (Å²) < 4.78 is 37.0. The summed E-state index contributed by atoms with van der Waals surface area (Å²) in [5.41, 5.74) is 0.360. The van der Waals surface area contributed by atoms with Crippen LogP contribution in [0.1, 0.15) is 5.82 Å². The lowest BCUT2D eigenvalue weighted by Crippen LogP contribution is -2.11. The number of aromatic nitrogens is 3. The van der Waals surface area contributed by atoms with Gasteiger partial charge in [0.1, 0.15) is 5.69 Å². The van der Waals surface area contributed by atoms with Gasteiger partial charge in [0.2, 0.25) is 5.82 Å². The molecule has 0 aliphatic heterocycles. The highest BCUT2D eigenvalue weighted by molar-refractivity contribution is 5.52. The smallest absolute Gasteiger partial charge is 0.255 e. The standard InChI is InChI=1S/C10H5F3N3/c11-10(12,13)9-15-6-4-8(16-9)7-3-1-2-5-14-7/h1-3,5-6H. The van der Waals surface area contributed by atoms with Crippen LogP contribution in [0.2, 0.25) is 0 Å². The van der Waals surface area contributed by atoms with Crippen LogP contribution in [-0.2, 0) is 6.18 Å². The lowest BCUT2D eigenvalue weighted by Gasteiger charge is -2.05. The van der Waals surface area contributed by atoms with Crippen molar-refractivity contribution in [2.24, 2.45) is 0 Å². The van der Waals surface area contributed by atoms with E-state index in [1.807, 2.05) is 0 Å². The second-order valence-electron chi connectivity index (χ2n) is 2.90. The van der Waals surface area contributed by atoms with Crippen LogP contribution in [-0.4, -0.2) is 15.0 Å². The number of alkyl halides is 3. The first-order valence-corrected chi connectivity index (χ1v) is 4.31. The molecular formula is C10H5F3N3. The summed E-state index contributed by atoms with van der Waals surface area (Å²) in [7, 11) is 0. The Morgan fingerprint density at radius 1 is 1.12 bits per heavy atom. The molecule has 0 aromatic carbocycles. The van der Waals surface area contributed by atoms with Crippen LogP contribution < -0.4 is 0 Å². The number of halogens is 3. The second kappa shape index (κ2) is 3.88. The average Bonchev–Trinajstić information content (AvgIpc) is 2.29. The van der Waals surface area contributed by atoms with E-state index in [0.29, 0.717) is 5.69 Å². The van der Waals surface area contributed by atoms with Gasteiger partial charge in [-0.2, -0.15) is 13.2 Å². The van der Waals surface area contributed by atoms with Crippen molar-refractivity contribution in [2.75, 3.05) is 0 Å². The molecule has 2 heterocycles. The number of rotatable bonds is 1. The van der Waals surface area contributed by atoms with Gasteiger partial charge < -0.3 is 0 Å². The van der Waals surface area contributed by atoms with Crippen molar-refractivity contribution in [1.82, 2.24) is 15.0 Å². The van der Waals surface area contributed by atoms with Crippen molar-refractivity contribution < 1.29 is 13.2 Å². The summed E-state index contributed by atoms with van der Waals surface area (Å²) in [5.74, 6) is -1.19. The fourth-order valence-electron chi connectivity index (χ4n) is 1.09. The molecule has 0 bridgehead atoms. The Labute approximate surface area is 89.0 Å². The van der Waals surface area contributed by atoms with Crippen molar-refractivity contribution in [2.45, 2.75) is 6.18 Å². The predicted molar refractivity (Wildman–Crippen MR) is 49.1 cm³/mol. The topological polar surface area (TPSA) is 38.7 Å². The van der Waals surface area contributed by atoms with E-state index in [-0.39, 0.29) is 5.69 Å². The van der Waals surface area contributed by atoms with Gasteiger partial charge >= 0.3 is 6.18 Å². The Hall–Kier alpha value is -1.98. The van der Waals surface area contributed by atoms with Crippen LogP contribution in [0.3, 0.4) is 0 Å². The van der Waals surface area contributed by atoms with E-state index >= 15 is 0 Å². The normalized spacial score (nSPS) is 11.4.